The van der Waals surface area contributed by atoms with E-state index in [1.165, 1.54) is 0 Å². The topological polar surface area (TPSA) is 75.6 Å². The van der Waals surface area contributed by atoms with E-state index < -0.39 is 11.9 Å². The van der Waals surface area contributed by atoms with E-state index in [1.807, 2.05) is 13.8 Å². The maximum Gasteiger partial charge on any atom is 0.308 e. The van der Waals surface area contributed by atoms with Gasteiger partial charge in [-0.2, -0.15) is 0 Å². The van der Waals surface area contributed by atoms with Crippen molar-refractivity contribution in [1.29, 1.82) is 0 Å². The quantitative estimate of drug-likeness (QED) is 0.802. The smallest absolute Gasteiger partial charge is 0.308 e. The van der Waals surface area contributed by atoms with Crippen LogP contribution in [0.2, 0.25) is 0 Å². The minimum absolute atomic E-state index is 0.146. The zero-order chi connectivity index (χ0) is 15.1. The maximum atomic E-state index is 12.1. The van der Waals surface area contributed by atoms with Gasteiger partial charge >= 0.3 is 5.97 Å². The fourth-order valence-electron chi connectivity index (χ4n) is 1.99. The number of nitrogens with one attached hydrogen (secondary N) is 1. The van der Waals surface area contributed by atoms with Crippen LogP contribution in [-0.4, -0.2) is 30.6 Å². The van der Waals surface area contributed by atoms with Crippen molar-refractivity contribution in [3.05, 3.63) is 29.3 Å². The number of hydrogen-bond donors (Lipinski definition) is 2. The van der Waals surface area contributed by atoms with Crippen molar-refractivity contribution < 1.29 is 19.4 Å². The summed E-state index contributed by atoms with van der Waals surface area (Å²) in [5.41, 5.74) is 1.33. The maximum absolute atomic E-state index is 12.1. The molecule has 1 unspecified atom stereocenters. The van der Waals surface area contributed by atoms with E-state index in [1.54, 1.807) is 25.3 Å². The highest BCUT2D eigenvalue weighted by atomic mass is 16.5. The molecule has 1 aromatic carbocycles. The Morgan fingerprint density at radius 3 is 2.60 bits per heavy atom. The fourth-order valence-corrected chi connectivity index (χ4v) is 1.99. The summed E-state index contributed by atoms with van der Waals surface area (Å²) in [6, 6.07) is 5.16. The van der Waals surface area contributed by atoms with Gasteiger partial charge in [-0.15, -0.1) is 0 Å². The summed E-state index contributed by atoms with van der Waals surface area (Å²) in [4.78, 5) is 23.1. The molecule has 0 heterocycles. The van der Waals surface area contributed by atoms with Gasteiger partial charge in [-0.05, 0) is 37.1 Å². The van der Waals surface area contributed by atoms with Crippen LogP contribution in [0.25, 0.3) is 0 Å². The minimum Gasteiger partial charge on any atom is -0.497 e. The van der Waals surface area contributed by atoms with Gasteiger partial charge in [0, 0.05) is 12.1 Å². The molecule has 1 amide bonds. The van der Waals surface area contributed by atoms with Gasteiger partial charge in [-0.25, -0.2) is 0 Å². The number of ether oxygens (including phenoxy) is 1. The number of amides is 1. The Morgan fingerprint density at radius 1 is 1.40 bits per heavy atom. The first-order chi connectivity index (χ1) is 9.49. The Balaban J connectivity index is 2.69. The van der Waals surface area contributed by atoms with Gasteiger partial charge in [0.05, 0.1) is 13.0 Å². The zero-order valence-corrected chi connectivity index (χ0v) is 12.1. The third kappa shape index (κ3) is 4.26. The molecule has 1 rings (SSSR count). The van der Waals surface area contributed by atoms with Crippen molar-refractivity contribution in [3.63, 3.8) is 0 Å². The summed E-state index contributed by atoms with van der Waals surface area (Å²) in [6.45, 7) is 3.89. The van der Waals surface area contributed by atoms with E-state index in [4.69, 9.17) is 9.84 Å². The fraction of sp³-hybridized carbons (Fsp3) is 0.467. The molecule has 5 nitrogen and oxygen atoms in total. The van der Waals surface area contributed by atoms with E-state index in [0.29, 0.717) is 17.7 Å². The minimum atomic E-state index is -0.876. The summed E-state index contributed by atoms with van der Waals surface area (Å²) in [6.07, 6.45) is 1.33. The first kappa shape index (κ1) is 16.0. The molecule has 1 atom stereocenters. The van der Waals surface area contributed by atoms with E-state index >= 15 is 0 Å². The van der Waals surface area contributed by atoms with Gasteiger partial charge < -0.3 is 15.2 Å². The lowest BCUT2D eigenvalue weighted by Crippen LogP contribution is -2.33. The van der Waals surface area contributed by atoms with Crippen molar-refractivity contribution in [2.75, 3.05) is 13.7 Å². The van der Waals surface area contributed by atoms with Crippen LogP contribution in [0.1, 0.15) is 35.7 Å². The van der Waals surface area contributed by atoms with Crippen molar-refractivity contribution in [1.82, 2.24) is 5.32 Å². The van der Waals surface area contributed by atoms with E-state index in [0.717, 1.165) is 12.0 Å². The third-order valence-electron chi connectivity index (χ3n) is 3.17. The van der Waals surface area contributed by atoms with Gasteiger partial charge in [0.2, 0.25) is 0 Å². The summed E-state index contributed by atoms with van der Waals surface area (Å²) in [5, 5.41) is 11.7. The lowest BCUT2D eigenvalue weighted by Gasteiger charge is -2.13. The Morgan fingerprint density at radius 2 is 2.10 bits per heavy atom. The largest absolute Gasteiger partial charge is 0.497 e. The average Bonchev–Trinajstić information content (AvgIpc) is 2.42. The second-order valence-corrected chi connectivity index (χ2v) is 4.71. The van der Waals surface area contributed by atoms with Crippen LogP contribution < -0.4 is 10.1 Å². The molecular weight excluding hydrogens is 258 g/mol. The van der Waals surface area contributed by atoms with Gasteiger partial charge in [0.25, 0.3) is 5.91 Å². The molecule has 2 N–H and O–H groups in total. The highest BCUT2D eigenvalue weighted by molar-refractivity contribution is 5.96. The molecule has 0 radical (unpaired) electrons. The van der Waals surface area contributed by atoms with Gasteiger partial charge in [-0.1, -0.05) is 13.3 Å². The lowest BCUT2D eigenvalue weighted by molar-refractivity contribution is -0.141. The predicted molar refractivity (Wildman–Crippen MR) is 76.1 cm³/mol. The molecule has 0 aromatic heterocycles. The molecule has 0 saturated heterocycles. The highest BCUT2D eigenvalue weighted by Gasteiger charge is 2.18. The number of rotatable bonds is 7. The number of carboxylic acid groups (broad SMARTS) is 1. The van der Waals surface area contributed by atoms with E-state index in [9.17, 15) is 9.59 Å². The normalized spacial score (nSPS) is 11.8. The number of methoxy groups -OCH3 is 1. The number of aliphatic carboxylic acids is 1. The van der Waals surface area contributed by atoms with Crippen molar-refractivity contribution in [2.24, 2.45) is 5.92 Å². The summed E-state index contributed by atoms with van der Waals surface area (Å²) in [5.74, 6) is -0.984. The zero-order valence-electron chi connectivity index (χ0n) is 12.1. The molecule has 5 heteroatoms. The second kappa shape index (κ2) is 7.53. The van der Waals surface area contributed by atoms with E-state index in [-0.39, 0.29) is 12.5 Å². The lowest BCUT2D eigenvalue weighted by atomic mass is 10.0. The molecule has 0 aliphatic rings. The molecule has 0 fully saturated rings. The van der Waals surface area contributed by atoms with Crippen molar-refractivity contribution in [2.45, 2.75) is 26.7 Å². The number of carboxylic acids is 1. The molecule has 0 spiro atoms. The van der Waals surface area contributed by atoms with Crippen LogP contribution in [-0.2, 0) is 4.79 Å². The van der Waals surface area contributed by atoms with Crippen LogP contribution in [0, 0.1) is 12.8 Å². The van der Waals surface area contributed by atoms with Crippen LogP contribution in [0.3, 0.4) is 0 Å². The first-order valence-electron chi connectivity index (χ1n) is 6.65. The molecule has 0 saturated carbocycles. The Labute approximate surface area is 118 Å². The Hall–Kier alpha value is -2.04. The molecular formula is C15H21NO4. The molecule has 0 aliphatic heterocycles. The Kier molecular flexibility index (Phi) is 6.03. The number of carbonyl (C=O) groups excluding carboxylic acids is 1. The summed E-state index contributed by atoms with van der Waals surface area (Å²) >= 11 is 0. The Bertz CT molecular complexity index is 485. The number of benzene rings is 1. The standard InChI is InChI=1S/C15H21NO4/c1-4-5-11(15(18)19)9-16-14(17)13-7-6-12(20-3)8-10(13)2/h6-8,11H,4-5,9H2,1-3H3,(H,16,17)(H,18,19). The molecule has 110 valence electrons. The second-order valence-electron chi connectivity index (χ2n) is 4.71. The number of hydrogen-bond acceptors (Lipinski definition) is 3. The molecule has 20 heavy (non-hydrogen) atoms. The number of aryl methyl sites for hydroxylation is 1. The van der Waals surface area contributed by atoms with Gasteiger partial charge in [0.15, 0.2) is 0 Å². The monoisotopic (exact) mass is 279 g/mol. The van der Waals surface area contributed by atoms with Crippen LogP contribution >= 0.6 is 0 Å². The molecule has 0 aliphatic carbocycles. The SMILES string of the molecule is CCCC(CNC(=O)c1ccc(OC)cc1C)C(=O)O. The van der Waals surface area contributed by atoms with Gasteiger partial charge in [-0.3, -0.25) is 9.59 Å². The summed E-state index contributed by atoms with van der Waals surface area (Å²) in [7, 11) is 1.57. The van der Waals surface area contributed by atoms with Crippen LogP contribution in [0.15, 0.2) is 18.2 Å². The predicted octanol–water partition coefficient (Wildman–Crippen LogP) is 2.23. The highest BCUT2D eigenvalue weighted by Crippen LogP contribution is 2.17. The third-order valence-corrected chi connectivity index (χ3v) is 3.17. The molecule has 0 bridgehead atoms. The summed E-state index contributed by atoms with van der Waals surface area (Å²) < 4.78 is 5.08. The van der Waals surface area contributed by atoms with Crippen molar-refractivity contribution >= 4 is 11.9 Å². The van der Waals surface area contributed by atoms with Crippen LogP contribution in [0.5, 0.6) is 5.75 Å². The van der Waals surface area contributed by atoms with Crippen LogP contribution in [0.4, 0.5) is 0 Å². The number of carbonyl (C=O) groups is 2. The molecule has 1 aromatic rings. The average molecular weight is 279 g/mol. The van der Waals surface area contributed by atoms with Gasteiger partial charge in [0.1, 0.15) is 5.75 Å². The van der Waals surface area contributed by atoms with E-state index in [2.05, 4.69) is 5.32 Å². The van der Waals surface area contributed by atoms with Crippen molar-refractivity contribution in [3.8, 4) is 5.75 Å². The first-order valence-corrected chi connectivity index (χ1v) is 6.65.